The van der Waals surface area contributed by atoms with Crippen molar-refractivity contribution in [3.8, 4) is 0 Å². The summed E-state index contributed by atoms with van der Waals surface area (Å²) < 4.78 is 25.0. The predicted octanol–water partition coefficient (Wildman–Crippen LogP) is 5.02. The van der Waals surface area contributed by atoms with E-state index in [1.165, 1.54) is 17.7 Å². The average molecular weight is 392 g/mol. The van der Waals surface area contributed by atoms with E-state index < -0.39 is 6.29 Å². The fraction of sp³-hybridized carbons (Fsp3) is 0.455. The van der Waals surface area contributed by atoms with Crippen LogP contribution in [0.25, 0.3) is 0 Å². The lowest BCUT2D eigenvalue weighted by molar-refractivity contribution is -0.176. The van der Waals surface area contributed by atoms with E-state index in [4.69, 9.17) is 21.1 Å². The molecule has 27 heavy (non-hydrogen) atoms. The third-order valence-corrected chi connectivity index (χ3v) is 4.96. The van der Waals surface area contributed by atoms with Crippen LogP contribution in [0.3, 0.4) is 0 Å². The molecule has 1 heterocycles. The van der Waals surface area contributed by atoms with Crippen LogP contribution in [0.15, 0.2) is 42.5 Å². The molecule has 3 rings (SSSR count). The Morgan fingerprint density at radius 3 is 2.63 bits per heavy atom. The van der Waals surface area contributed by atoms with Crippen molar-refractivity contribution in [2.45, 2.75) is 44.9 Å². The number of benzene rings is 2. The number of morpholine rings is 1. The monoisotopic (exact) mass is 391 g/mol. The van der Waals surface area contributed by atoms with Gasteiger partial charge in [0.2, 0.25) is 0 Å². The van der Waals surface area contributed by atoms with Gasteiger partial charge >= 0.3 is 0 Å². The topological polar surface area (TPSA) is 30.5 Å². The van der Waals surface area contributed by atoms with Gasteiger partial charge < -0.3 is 14.8 Å². The maximum absolute atomic E-state index is 13.2. The molecule has 2 atom stereocenters. The van der Waals surface area contributed by atoms with E-state index in [2.05, 4.69) is 32.2 Å². The van der Waals surface area contributed by atoms with Crippen LogP contribution >= 0.6 is 11.6 Å². The molecule has 0 radical (unpaired) electrons. The minimum Gasteiger partial charge on any atom is -0.350 e. The molecule has 0 spiro atoms. The smallest absolute Gasteiger partial charge is 0.176 e. The lowest BCUT2D eigenvalue weighted by atomic mass is 9.86. The SMILES string of the molecule is CC(C)(C)c1cc(Cl)cc(CCO[C@@H]2OCCN[C@H]2c2ccc(F)cc2)c1. The molecule has 1 aliphatic rings. The van der Waals surface area contributed by atoms with Gasteiger partial charge in [-0.3, -0.25) is 0 Å². The van der Waals surface area contributed by atoms with Crippen molar-refractivity contribution >= 4 is 11.6 Å². The molecular formula is C22H27ClFNO2. The van der Waals surface area contributed by atoms with Crippen molar-refractivity contribution in [3.63, 3.8) is 0 Å². The van der Waals surface area contributed by atoms with Gasteiger partial charge in [0, 0.05) is 11.6 Å². The molecule has 0 aliphatic carbocycles. The quantitative estimate of drug-likeness (QED) is 0.776. The third kappa shape index (κ3) is 5.52. The van der Waals surface area contributed by atoms with Crippen LogP contribution in [0.5, 0.6) is 0 Å². The molecule has 2 aromatic rings. The first-order valence-corrected chi connectivity index (χ1v) is 9.73. The number of rotatable bonds is 5. The van der Waals surface area contributed by atoms with Crippen LogP contribution in [0.1, 0.15) is 43.5 Å². The Bertz CT molecular complexity index is 758. The lowest BCUT2D eigenvalue weighted by Gasteiger charge is -2.33. The largest absolute Gasteiger partial charge is 0.350 e. The molecule has 1 saturated heterocycles. The van der Waals surface area contributed by atoms with Crippen molar-refractivity contribution in [2.24, 2.45) is 0 Å². The summed E-state index contributed by atoms with van der Waals surface area (Å²) in [7, 11) is 0. The molecular weight excluding hydrogens is 365 g/mol. The zero-order valence-corrected chi connectivity index (χ0v) is 16.9. The number of nitrogens with one attached hydrogen (secondary N) is 1. The van der Waals surface area contributed by atoms with Gasteiger partial charge in [-0.1, -0.05) is 50.6 Å². The molecule has 0 unspecified atom stereocenters. The first kappa shape index (κ1) is 20.3. The van der Waals surface area contributed by atoms with Gasteiger partial charge in [0.1, 0.15) is 5.82 Å². The second-order valence-electron chi connectivity index (χ2n) is 7.94. The molecule has 5 heteroatoms. The standard InChI is InChI=1S/C22H27ClFNO2/c1-22(2,3)17-12-15(13-18(23)14-17)8-10-26-21-20(25-9-11-27-21)16-4-6-19(24)7-5-16/h4-7,12-14,20-21,25H,8-11H2,1-3H3/t20-,21+/m0/s1. The minimum atomic E-state index is -0.398. The highest BCUT2D eigenvalue weighted by Crippen LogP contribution is 2.27. The number of halogens is 2. The Morgan fingerprint density at radius 1 is 1.19 bits per heavy atom. The van der Waals surface area contributed by atoms with Crippen LogP contribution < -0.4 is 5.32 Å². The van der Waals surface area contributed by atoms with E-state index in [9.17, 15) is 4.39 Å². The van der Waals surface area contributed by atoms with Crippen molar-refractivity contribution in [1.29, 1.82) is 0 Å². The molecule has 0 bridgehead atoms. The molecule has 146 valence electrons. The number of hydrogen-bond acceptors (Lipinski definition) is 3. The molecule has 0 aromatic heterocycles. The van der Waals surface area contributed by atoms with Crippen LogP contribution in [0, 0.1) is 5.82 Å². The zero-order valence-electron chi connectivity index (χ0n) is 16.1. The van der Waals surface area contributed by atoms with Crippen molar-refractivity contribution in [2.75, 3.05) is 19.8 Å². The lowest BCUT2D eigenvalue weighted by Crippen LogP contribution is -2.43. The predicted molar refractivity (Wildman–Crippen MR) is 107 cm³/mol. The van der Waals surface area contributed by atoms with Crippen LogP contribution in [0.2, 0.25) is 5.02 Å². The average Bonchev–Trinajstić information content (AvgIpc) is 2.62. The Balaban J connectivity index is 1.63. The fourth-order valence-electron chi connectivity index (χ4n) is 3.19. The van der Waals surface area contributed by atoms with Crippen molar-refractivity contribution in [3.05, 3.63) is 70.0 Å². The Hall–Kier alpha value is -1.46. The maximum Gasteiger partial charge on any atom is 0.176 e. The number of hydrogen-bond donors (Lipinski definition) is 1. The molecule has 1 fully saturated rings. The molecule has 3 nitrogen and oxygen atoms in total. The van der Waals surface area contributed by atoms with Gasteiger partial charge in [-0.05, 0) is 52.8 Å². The van der Waals surface area contributed by atoms with E-state index in [0.717, 1.165) is 29.1 Å². The van der Waals surface area contributed by atoms with E-state index in [0.29, 0.717) is 13.2 Å². The highest BCUT2D eigenvalue weighted by atomic mass is 35.5. The normalized spacial score (nSPS) is 20.6. The van der Waals surface area contributed by atoms with Crippen LogP contribution in [-0.2, 0) is 21.3 Å². The van der Waals surface area contributed by atoms with E-state index in [-0.39, 0.29) is 17.3 Å². The highest BCUT2D eigenvalue weighted by molar-refractivity contribution is 6.30. The summed E-state index contributed by atoms with van der Waals surface area (Å²) in [6.45, 7) is 8.38. The highest BCUT2D eigenvalue weighted by Gasteiger charge is 2.27. The maximum atomic E-state index is 13.2. The van der Waals surface area contributed by atoms with Crippen molar-refractivity contribution < 1.29 is 13.9 Å². The van der Waals surface area contributed by atoms with Crippen LogP contribution in [-0.4, -0.2) is 26.0 Å². The summed E-state index contributed by atoms with van der Waals surface area (Å²) in [5, 5.41) is 4.15. The van der Waals surface area contributed by atoms with E-state index in [1.54, 1.807) is 12.1 Å². The van der Waals surface area contributed by atoms with E-state index >= 15 is 0 Å². The second kappa shape index (κ2) is 8.70. The Labute approximate surface area is 165 Å². The van der Waals surface area contributed by atoms with Gasteiger partial charge in [-0.15, -0.1) is 0 Å². The van der Waals surface area contributed by atoms with Crippen molar-refractivity contribution in [1.82, 2.24) is 5.32 Å². The fourth-order valence-corrected chi connectivity index (χ4v) is 3.45. The summed E-state index contributed by atoms with van der Waals surface area (Å²) in [6.07, 6.45) is 0.352. The van der Waals surface area contributed by atoms with Gasteiger partial charge in [-0.2, -0.15) is 0 Å². The summed E-state index contributed by atoms with van der Waals surface area (Å²) in [5.41, 5.74) is 3.36. The molecule has 1 N–H and O–H groups in total. The second-order valence-corrected chi connectivity index (χ2v) is 8.38. The van der Waals surface area contributed by atoms with Gasteiger partial charge in [0.25, 0.3) is 0 Å². The summed E-state index contributed by atoms with van der Waals surface area (Å²) in [4.78, 5) is 0. The summed E-state index contributed by atoms with van der Waals surface area (Å²) in [6, 6.07) is 12.5. The van der Waals surface area contributed by atoms with Gasteiger partial charge in [0.05, 0.1) is 19.3 Å². The Kier molecular flexibility index (Phi) is 6.53. The first-order valence-electron chi connectivity index (χ1n) is 9.35. The molecule has 0 saturated carbocycles. The summed E-state index contributed by atoms with van der Waals surface area (Å²) in [5.74, 6) is -0.247. The van der Waals surface area contributed by atoms with Gasteiger partial charge in [-0.25, -0.2) is 4.39 Å². The molecule has 2 aromatic carbocycles. The third-order valence-electron chi connectivity index (χ3n) is 4.75. The molecule has 0 amide bonds. The Morgan fingerprint density at radius 2 is 1.93 bits per heavy atom. The molecule has 1 aliphatic heterocycles. The van der Waals surface area contributed by atoms with Crippen LogP contribution in [0.4, 0.5) is 4.39 Å². The van der Waals surface area contributed by atoms with Gasteiger partial charge in [0.15, 0.2) is 6.29 Å². The van der Waals surface area contributed by atoms with E-state index in [1.807, 2.05) is 12.1 Å². The number of ether oxygens (including phenoxy) is 2. The minimum absolute atomic E-state index is 0.0462. The first-order chi connectivity index (χ1) is 12.8. The zero-order chi connectivity index (χ0) is 19.4. The summed E-state index contributed by atoms with van der Waals surface area (Å²) >= 11 is 6.29.